The number of aromatic nitrogens is 4. The van der Waals surface area contributed by atoms with E-state index >= 15 is 0 Å². The van der Waals surface area contributed by atoms with Crippen molar-refractivity contribution in [1.82, 2.24) is 19.9 Å². The molecule has 0 fully saturated rings. The highest BCUT2D eigenvalue weighted by molar-refractivity contribution is 7.26. The molecule has 0 aliphatic rings. The molecule has 3 heterocycles. The molecular weight excluding hydrogens is 689 g/mol. The lowest BCUT2D eigenvalue weighted by molar-refractivity contribution is 1.18. The van der Waals surface area contributed by atoms with Crippen LogP contribution >= 0.6 is 11.3 Å². The molecule has 55 heavy (non-hydrogen) atoms. The predicted molar refractivity (Wildman–Crippen MR) is 229 cm³/mol. The van der Waals surface area contributed by atoms with Gasteiger partial charge in [0.15, 0.2) is 11.6 Å². The van der Waals surface area contributed by atoms with E-state index in [9.17, 15) is 0 Å². The van der Waals surface area contributed by atoms with Crippen LogP contribution in [0.3, 0.4) is 0 Å². The van der Waals surface area contributed by atoms with Gasteiger partial charge in [0.05, 0.1) is 27.3 Å². The molecule has 0 aliphatic carbocycles. The predicted octanol–water partition coefficient (Wildman–Crippen LogP) is 13.3. The molecule has 0 amide bonds. The van der Waals surface area contributed by atoms with Crippen molar-refractivity contribution in [3.05, 3.63) is 194 Å². The number of rotatable bonds is 7. The van der Waals surface area contributed by atoms with Crippen molar-refractivity contribution in [3.8, 4) is 78.8 Å². The molecule has 0 aliphatic heterocycles. The van der Waals surface area contributed by atoms with Gasteiger partial charge in [-0.15, -0.1) is 11.3 Å². The van der Waals surface area contributed by atoms with Crippen molar-refractivity contribution in [3.63, 3.8) is 0 Å². The summed E-state index contributed by atoms with van der Waals surface area (Å²) in [4.78, 5) is 20.4. The molecule has 0 radical (unpaired) electrons. The molecular formula is C50H32N4S. The zero-order chi connectivity index (χ0) is 36.6. The molecule has 10 aromatic rings. The second kappa shape index (κ2) is 14.0. The van der Waals surface area contributed by atoms with Crippen LogP contribution in [0.15, 0.2) is 194 Å². The van der Waals surface area contributed by atoms with Gasteiger partial charge in [0, 0.05) is 37.9 Å². The Labute approximate surface area is 323 Å². The molecule has 0 saturated heterocycles. The summed E-state index contributed by atoms with van der Waals surface area (Å²) in [6, 6.07) is 67.4. The van der Waals surface area contributed by atoms with Crippen LogP contribution in [0.5, 0.6) is 0 Å². The van der Waals surface area contributed by atoms with E-state index < -0.39 is 0 Å². The lowest BCUT2D eigenvalue weighted by Gasteiger charge is -2.12. The van der Waals surface area contributed by atoms with Gasteiger partial charge in [-0.3, -0.25) is 0 Å². The van der Waals surface area contributed by atoms with E-state index in [2.05, 4.69) is 140 Å². The Morgan fingerprint density at radius 3 is 1.36 bits per heavy atom. The van der Waals surface area contributed by atoms with Crippen molar-refractivity contribution in [1.29, 1.82) is 0 Å². The van der Waals surface area contributed by atoms with Crippen LogP contribution in [0.2, 0.25) is 0 Å². The molecule has 5 heteroatoms. The van der Waals surface area contributed by atoms with Crippen molar-refractivity contribution in [2.45, 2.75) is 0 Å². The Balaban J connectivity index is 1.04. The summed E-state index contributed by atoms with van der Waals surface area (Å²) in [6.45, 7) is 0. The van der Waals surface area contributed by atoms with Crippen LogP contribution < -0.4 is 0 Å². The average Bonchev–Trinajstić information content (AvgIpc) is 3.66. The summed E-state index contributed by atoms with van der Waals surface area (Å²) in [5.74, 6) is 1.44. The number of nitrogens with zero attached hydrogens (tertiary/aromatic N) is 4. The quantitative estimate of drug-likeness (QED) is 0.164. The summed E-state index contributed by atoms with van der Waals surface area (Å²) in [5, 5.41) is 1.16. The van der Waals surface area contributed by atoms with Gasteiger partial charge >= 0.3 is 0 Å². The summed E-state index contributed by atoms with van der Waals surface area (Å²) in [6.07, 6.45) is 0. The molecule has 7 aromatic carbocycles. The highest BCUT2D eigenvalue weighted by atomic mass is 32.1. The molecule has 0 N–H and O–H groups in total. The molecule has 0 atom stereocenters. The third-order valence-electron chi connectivity index (χ3n) is 9.90. The minimum Gasteiger partial charge on any atom is -0.228 e. The third kappa shape index (κ3) is 6.37. The van der Waals surface area contributed by atoms with Gasteiger partial charge in [-0.25, -0.2) is 19.9 Å². The normalized spacial score (nSPS) is 11.3. The van der Waals surface area contributed by atoms with Gasteiger partial charge < -0.3 is 0 Å². The van der Waals surface area contributed by atoms with Gasteiger partial charge in [0.2, 0.25) is 0 Å². The standard InChI is InChI=1S/C50H32N4S/c1-4-15-33(16-5-1)43-32-44(52-49(51-43)34-17-6-2-7-18-34)40-25-13-23-38(30-40)36-21-12-22-37(29-36)39-24-14-26-41(31-39)46-48-47(42-27-10-11-28-45(42)55-48)54-50(53-46)35-19-8-3-9-20-35/h1-32H. The van der Waals surface area contributed by atoms with E-state index in [0.29, 0.717) is 5.82 Å². The average molecular weight is 721 g/mol. The van der Waals surface area contributed by atoms with Crippen LogP contribution in [0.4, 0.5) is 0 Å². The number of hydrogen-bond acceptors (Lipinski definition) is 5. The first kappa shape index (κ1) is 32.6. The fourth-order valence-electron chi connectivity index (χ4n) is 7.15. The van der Waals surface area contributed by atoms with Gasteiger partial charge in [-0.2, -0.15) is 0 Å². The smallest absolute Gasteiger partial charge is 0.160 e. The van der Waals surface area contributed by atoms with Gasteiger partial charge in [-0.1, -0.05) is 164 Å². The van der Waals surface area contributed by atoms with E-state index in [0.717, 1.165) is 88.6 Å². The maximum absolute atomic E-state index is 5.21. The largest absolute Gasteiger partial charge is 0.228 e. The fourth-order valence-corrected chi connectivity index (χ4v) is 8.31. The summed E-state index contributed by atoms with van der Waals surface area (Å²) in [5.41, 5.74) is 13.4. The molecule has 10 rings (SSSR count). The highest BCUT2D eigenvalue weighted by Gasteiger charge is 2.17. The van der Waals surface area contributed by atoms with Crippen LogP contribution in [0.1, 0.15) is 0 Å². The number of benzene rings is 7. The first-order chi connectivity index (χ1) is 27.2. The second-order valence-electron chi connectivity index (χ2n) is 13.5. The lowest BCUT2D eigenvalue weighted by Crippen LogP contribution is -1.96. The Hall–Kier alpha value is -7.08. The molecule has 4 nitrogen and oxygen atoms in total. The van der Waals surface area contributed by atoms with Crippen molar-refractivity contribution in [2.75, 3.05) is 0 Å². The van der Waals surface area contributed by atoms with E-state index in [1.54, 1.807) is 11.3 Å². The Bertz CT molecular complexity index is 2920. The maximum Gasteiger partial charge on any atom is 0.160 e. The minimum atomic E-state index is 0.705. The van der Waals surface area contributed by atoms with Gasteiger partial charge in [0.25, 0.3) is 0 Å². The second-order valence-corrected chi connectivity index (χ2v) is 14.5. The zero-order valence-corrected chi connectivity index (χ0v) is 30.5. The van der Waals surface area contributed by atoms with Crippen LogP contribution in [0.25, 0.3) is 99.1 Å². The molecule has 0 saturated carbocycles. The van der Waals surface area contributed by atoms with Gasteiger partial charge in [0.1, 0.15) is 0 Å². The van der Waals surface area contributed by atoms with Crippen LogP contribution in [-0.4, -0.2) is 19.9 Å². The Kier molecular flexibility index (Phi) is 8.32. The van der Waals surface area contributed by atoms with E-state index in [1.165, 1.54) is 4.70 Å². The number of fused-ring (bicyclic) bond motifs is 3. The Morgan fingerprint density at radius 1 is 0.309 bits per heavy atom. The summed E-state index contributed by atoms with van der Waals surface area (Å²) < 4.78 is 2.30. The van der Waals surface area contributed by atoms with Crippen LogP contribution in [0, 0.1) is 0 Å². The van der Waals surface area contributed by atoms with E-state index in [1.807, 2.05) is 54.6 Å². The zero-order valence-electron chi connectivity index (χ0n) is 29.7. The third-order valence-corrected chi connectivity index (χ3v) is 11.1. The molecule has 258 valence electrons. The van der Waals surface area contributed by atoms with Gasteiger partial charge in [-0.05, 0) is 52.6 Å². The summed E-state index contributed by atoms with van der Waals surface area (Å²) >= 11 is 1.75. The lowest BCUT2D eigenvalue weighted by atomic mass is 9.96. The maximum atomic E-state index is 5.21. The first-order valence-corrected chi connectivity index (χ1v) is 19.1. The minimum absolute atomic E-state index is 0.705. The Morgan fingerprint density at radius 2 is 0.745 bits per heavy atom. The first-order valence-electron chi connectivity index (χ1n) is 18.3. The number of hydrogen-bond donors (Lipinski definition) is 0. The van der Waals surface area contributed by atoms with Crippen LogP contribution in [-0.2, 0) is 0 Å². The van der Waals surface area contributed by atoms with Crippen molar-refractivity contribution >= 4 is 31.6 Å². The summed E-state index contributed by atoms with van der Waals surface area (Å²) in [7, 11) is 0. The topological polar surface area (TPSA) is 51.6 Å². The number of thiophene rings is 1. The fraction of sp³-hybridized carbons (Fsp3) is 0. The van der Waals surface area contributed by atoms with E-state index in [4.69, 9.17) is 19.9 Å². The molecule has 0 unspecified atom stereocenters. The van der Waals surface area contributed by atoms with Crippen molar-refractivity contribution < 1.29 is 0 Å². The SMILES string of the molecule is c1ccc(-c2cc(-c3cccc(-c4cccc(-c5cccc(-c6nc(-c7ccccc7)nc7c6sc6ccccc67)c5)c4)c3)nc(-c3ccccc3)n2)cc1. The monoisotopic (exact) mass is 720 g/mol. The molecule has 3 aromatic heterocycles. The molecule has 0 spiro atoms. The van der Waals surface area contributed by atoms with E-state index in [-0.39, 0.29) is 0 Å². The van der Waals surface area contributed by atoms with Crippen molar-refractivity contribution in [2.24, 2.45) is 0 Å². The highest BCUT2D eigenvalue weighted by Crippen LogP contribution is 2.40. The molecule has 0 bridgehead atoms.